The molecule has 2 N–H and O–H groups in total. The van der Waals surface area contributed by atoms with Crippen molar-refractivity contribution < 1.29 is 9.90 Å². The van der Waals surface area contributed by atoms with E-state index < -0.39 is 0 Å². The molecule has 1 amide bonds. The number of nitrogens with zero attached hydrogens (tertiary/aromatic N) is 2. The molecule has 2 heterocycles. The molecule has 1 atom stereocenters. The van der Waals surface area contributed by atoms with Crippen LogP contribution in [0.3, 0.4) is 0 Å². The summed E-state index contributed by atoms with van der Waals surface area (Å²) in [5.41, 5.74) is 0. The summed E-state index contributed by atoms with van der Waals surface area (Å²) in [6.07, 6.45) is 0. The number of piperazine rings is 1. The van der Waals surface area contributed by atoms with Gasteiger partial charge in [0.25, 0.3) is 0 Å². The fraction of sp³-hybridized carbons (Fsp3) is 0.643. The Kier molecular flexibility index (Phi) is 5.97. The van der Waals surface area contributed by atoms with E-state index in [0.717, 1.165) is 32.7 Å². The number of hydrogen-bond donors (Lipinski definition) is 2. The molecule has 0 aromatic carbocycles. The van der Waals surface area contributed by atoms with Gasteiger partial charge in [-0.05, 0) is 18.4 Å². The molecule has 1 aliphatic rings. The van der Waals surface area contributed by atoms with E-state index in [0.29, 0.717) is 6.54 Å². The highest BCUT2D eigenvalue weighted by Crippen LogP contribution is 2.17. The SMILES string of the molecule is CC(NC(=O)CN1CCN(CCO)CC1)c1cccs1. The fourth-order valence-electron chi connectivity index (χ4n) is 2.41. The first kappa shape index (κ1) is 15.4. The number of thiophene rings is 1. The van der Waals surface area contributed by atoms with Gasteiger partial charge in [-0.2, -0.15) is 0 Å². The number of β-amino-alcohol motifs (C(OH)–C–C–N with tert-alkyl or cyclic N) is 1. The zero-order valence-corrected chi connectivity index (χ0v) is 12.7. The molecular weight excluding hydrogens is 274 g/mol. The van der Waals surface area contributed by atoms with E-state index in [-0.39, 0.29) is 18.6 Å². The standard InChI is InChI=1S/C14H23N3O2S/c1-12(13-3-2-10-20-13)15-14(19)11-17-6-4-16(5-7-17)8-9-18/h2-3,10,12,18H,4-9,11H2,1H3,(H,15,19). The van der Waals surface area contributed by atoms with E-state index in [9.17, 15) is 4.79 Å². The fourth-order valence-corrected chi connectivity index (χ4v) is 3.15. The van der Waals surface area contributed by atoms with Gasteiger partial charge in [-0.25, -0.2) is 0 Å². The van der Waals surface area contributed by atoms with E-state index >= 15 is 0 Å². The van der Waals surface area contributed by atoms with Crippen LogP contribution in [0, 0.1) is 0 Å². The maximum absolute atomic E-state index is 12.0. The number of nitrogens with one attached hydrogen (secondary N) is 1. The second kappa shape index (κ2) is 7.73. The predicted octanol–water partition coefficient (Wildman–Crippen LogP) is 0.535. The Bertz CT molecular complexity index is 403. The predicted molar refractivity (Wildman–Crippen MR) is 80.8 cm³/mol. The molecule has 0 saturated carbocycles. The normalized spacial score (nSPS) is 18.9. The number of amides is 1. The monoisotopic (exact) mass is 297 g/mol. The summed E-state index contributed by atoms with van der Waals surface area (Å²) in [7, 11) is 0. The van der Waals surface area contributed by atoms with Crippen LogP contribution in [-0.2, 0) is 4.79 Å². The van der Waals surface area contributed by atoms with Gasteiger partial charge in [0.15, 0.2) is 0 Å². The van der Waals surface area contributed by atoms with Crippen molar-refractivity contribution in [2.24, 2.45) is 0 Å². The third-order valence-corrected chi connectivity index (χ3v) is 4.65. The molecule has 1 unspecified atom stereocenters. The molecule has 20 heavy (non-hydrogen) atoms. The van der Waals surface area contributed by atoms with E-state index in [1.807, 2.05) is 24.4 Å². The summed E-state index contributed by atoms with van der Waals surface area (Å²) >= 11 is 1.67. The van der Waals surface area contributed by atoms with Crippen LogP contribution in [0.15, 0.2) is 17.5 Å². The van der Waals surface area contributed by atoms with Gasteiger partial charge in [0.05, 0.1) is 19.2 Å². The summed E-state index contributed by atoms with van der Waals surface area (Å²) in [4.78, 5) is 17.6. The Morgan fingerprint density at radius 1 is 1.40 bits per heavy atom. The number of aliphatic hydroxyl groups excluding tert-OH is 1. The van der Waals surface area contributed by atoms with E-state index in [4.69, 9.17) is 5.11 Å². The Labute approximate surface area is 124 Å². The quantitative estimate of drug-likeness (QED) is 0.804. The third-order valence-electron chi connectivity index (χ3n) is 3.60. The zero-order valence-electron chi connectivity index (χ0n) is 11.9. The lowest BCUT2D eigenvalue weighted by atomic mass is 10.2. The van der Waals surface area contributed by atoms with Gasteiger partial charge in [-0.1, -0.05) is 6.07 Å². The lowest BCUT2D eigenvalue weighted by Crippen LogP contribution is -2.50. The van der Waals surface area contributed by atoms with Gasteiger partial charge in [0.1, 0.15) is 0 Å². The molecule has 112 valence electrons. The average Bonchev–Trinajstić information content (AvgIpc) is 2.95. The van der Waals surface area contributed by atoms with Crippen LogP contribution < -0.4 is 5.32 Å². The Morgan fingerprint density at radius 2 is 2.10 bits per heavy atom. The van der Waals surface area contributed by atoms with Crippen molar-refractivity contribution in [3.63, 3.8) is 0 Å². The molecule has 0 aliphatic carbocycles. The molecule has 2 rings (SSSR count). The number of aliphatic hydroxyl groups is 1. The minimum Gasteiger partial charge on any atom is -0.395 e. The summed E-state index contributed by atoms with van der Waals surface area (Å²) in [6, 6.07) is 4.13. The maximum Gasteiger partial charge on any atom is 0.234 e. The Hall–Kier alpha value is -0.950. The number of carbonyl (C=O) groups excluding carboxylic acids is 1. The molecule has 1 saturated heterocycles. The molecule has 1 aromatic rings. The molecule has 1 aliphatic heterocycles. The van der Waals surface area contributed by atoms with Gasteiger partial charge in [0.2, 0.25) is 5.91 Å². The molecule has 6 heteroatoms. The number of carbonyl (C=O) groups is 1. The molecule has 0 radical (unpaired) electrons. The van der Waals surface area contributed by atoms with Gasteiger partial charge >= 0.3 is 0 Å². The Balaban J connectivity index is 1.70. The average molecular weight is 297 g/mol. The molecule has 1 aromatic heterocycles. The lowest BCUT2D eigenvalue weighted by molar-refractivity contribution is -0.123. The molecular formula is C14H23N3O2S. The van der Waals surface area contributed by atoms with Crippen molar-refractivity contribution >= 4 is 17.2 Å². The van der Waals surface area contributed by atoms with Crippen molar-refractivity contribution in [1.29, 1.82) is 0 Å². The lowest BCUT2D eigenvalue weighted by Gasteiger charge is -2.34. The van der Waals surface area contributed by atoms with E-state index in [1.165, 1.54) is 4.88 Å². The highest BCUT2D eigenvalue weighted by Gasteiger charge is 2.19. The van der Waals surface area contributed by atoms with Crippen molar-refractivity contribution in [2.45, 2.75) is 13.0 Å². The minimum absolute atomic E-state index is 0.0816. The molecule has 0 spiro atoms. The largest absolute Gasteiger partial charge is 0.395 e. The van der Waals surface area contributed by atoms with Gasteiger partial charge in [0, 0.05) is 37.6 Å². The maximum atomic E-state index is 12.0. The van der Waals surface area contributed by atoms with Gasteiger partial charge in [-0.3, -0.25) is 14.6 Å². The third kappa shape index (κ3) is 4.56. The number of rotatable bonds is 6. The molecule has 0 bridgehead atoms. The van der Waals surface area contributed by atoms with Crippen molar-refractivity contribution in [3.8, 4) is 0 Å². The summed E-state index contributed by atoms with van der Waals surface area (Å²) in [5, 5.41) is 14.0. The van der Waals surface area contributed by atoms with Crippen molar-refractivity contribution in [3.05, 3.63) is 22.4 Å². The second-order valence-electron chi connectivity index (χ2n) is 5.15. The Morgan fingerprint density at radius 3 is 2.70 bits per heavy atom. The van der Waals surface area contributed by atoms with Crippen LogP contribution in [0.2, 0.25) is 0 Å². The highest BCUT2D eigenvalue weighted by molar-refractivity contribution is 7.10. The second-order valence-corrected chi connectivity index (χ2v) is 6.13. The van der Waals surface area contributed by atoms with Crippen LogP contribution in [0.25, 0.3) is 0 Å². The van der Waals surface area contributed by atoms with Crippen LogP contribution in [0.1, 0.15) is 17.8 Å². The van der Waals surface area contributed by atoms with Crippen molar-refractivity contribution in [2.75, 3.05) is 45.9 Å². The van der Waals surface area contributed by atoms with E-state index in [1.54, 1.807) is 11.3 Å². The first-order valence-corrected chi connectivity index (χ1v) is 7.95. The summed E-state index contributed by atoms with van der Waals surface area (Å²) in [6.45, 7) is 7.05. The van der Waals surface area contributed by atoms with Crippen LogP contribution in [0.5, 0.6) is 0 Å². The summed E-state index contributed by atoms with van der Waals surface area (Å²) in [5.74, 6) is 0.0847. The zero-order chi connectivity index (χ0) is 14.4. The number of hydrogen-bond acceptors (Lipinski definition) is 5. The van der Waals surface area contributed by atoms with Gasteiger partial charge < -0.3 is 10.4 Å². The first-order chi connectivity index (χ1) is 9.69. The first-order valence-electron chi connectivity index (χ1n) is 7.07. The molecule has 1 fully saturated rings. The van der Waals surface area contributed by atoms with Crippen molar-refractivity contribution in [1.82, 2.24) is 15.1 Å². The molecule has 5 nitrogen and oxygen atoms in total. The van der Waals surface area contributed by atoms with Crippen LogP contribution in [-0.4, -0.2) is 66.7 Å². The topological polar surface area (TPSA) is 55.8 Å². The highest BCUT2D eigenvalue weighted by atomic mass is 32.1. The van der Waals surface area contributed by atoms with Crippen LogP contribution in [0.4, 0.5) is 0 Å². The minimum atomic E-state index is 0.0816. The van der Waals surface area contributed by atoms with Crippen LogP contribution >= 0.6 is 11.3 Å². The van der Waals surface area contributed by atoms with E-state index in [2.05, 4.69) is 15.1 Å². The van der Waals surface area contributed by atoms with Gasteiger partial charge in [-0.15, -0.1) is 11.3 Å². The smallest absolute Gasteiger partial charge is 0.234 e. The summed E-state index contributed by atoms with van der Waals surface area (Å²) < 4.78 is 0.